The Morgan fingerprint density at radius 3 is 2.20 bits per heavy atom. The molecule has 0 spiro atoms. The van der Waals surface area contributed by atoms with Gasteiger partial charge in [-0.25, -0.2) is 4.79 Å². The number of carbonyl (C=O) groups excluding carboxylic acids is 1. The minimum Gasteiger partial charge on any atom is -0.416 e. The van der Waals surface area contributed by atoms with E-state index in [4.69, 9.17) is 16.3 Å². The second-order valence-corrected chi connectivity index (χ2v) is 8.62. The zero-order valence-electron chi connectivity index (χ0n) is 17.0. The molecule has 160 valence electrons. The van der Waals surface area contributed by atoms with E-state index in [1.165, 1.54) is 13.3 Å². The molecule has 1 aromatic heterocycles. The average molecular weight is 457 g/mol. The molecule has 0 amide bonds. The Hall–Kier alpha value is -2.37. The van der Waals surface area contributed by atoms with Crippen molar-refractivity contribution in [1.29, 1.82) is 5.26 Å². The molecule has 30 heavy (non-hydrogen) atoms. The van der Waals surface area contributed by atoms with Gasteiger partial charge in [-0.05, 0) is 34.6 Å². The largest absolute Gasteiger partial charge is 0.418 e. The molecule has 2 aromatic rings. The molecule has 1 heterocycles. The fourth-order valence-corrected chi connectivity index (χ4v) is 3.17. The first-order valence-corrected chi connectivity index (χ1v) is 10.3. The van der Waals surface area contributed by atoms with E-state index in [1.807, 2.05) is 26.8 Å². The molecule has 0 radical (unpaired) electrons. The lowest BCUT2D eigenvalue weighted by atomic mass is 9.86. The number of rotatable bonds is 3. The van der Waals surface area contributed by atoms with Gasteiger partial charge in [-0.2, -0.15) is 18.4 Å². The molecule has 0 unspecified atom stereocenters. The van der Waals surface area contributed by atoms with Crippen LogP contribution in [0.2, 0.25) is 5.15 Å². The molecule has 0 aliphatic heterocycles. The SMILES string of the molecule is CSC(=O)O/C(=C(/C#N)c1ccc(C(C)(C)C)cc1)c1c(C(F)(F)F)cn(C)c1Cl. The van der Waals surface area contributed by atoms with E-state index in [9.17, 15) is 23.2 Å². The highest BCUT2D eigenvalue weighted by Gasteiger charge is 2.39. The van der Waals surface area contributed by atoms with Crippen LogP contribution in [-0.2, 0) is 23.4 Å². The van der Waals surface area contributed by atoms with Crippen LogP contribution in [0.15, 0.2) is 30.5 Å². The minimum atomic E-state index is -4.77. The Morgan fingerprint density at radius 1 is 1.20 bits per heavy atom. The fourth-order valence-electron chi connectivity index (χ4n) is 2.77. The predicted molar refractivity (Wildman–Crippen MR) is 113 cm³/mol. The number of nitriles is 1. The van der Waals surface area contributed by atoms with Crippen LogP contribution < -0.4 is 0 Å². The maximum absolute atomic E-state index is 13.7. The molecule has 0 fully saturated rings. The molecular formula is C21H20ClF3N2O2S. The number of ether oxygens (including phenoxy) is 1. The Bertz CT molecular complexity index is 1030. The molecule has 0 atom stereocenters. The smallest absolute Gasteiger partial charge is 0.416 e. The van der Waals surface area contributed by atoms with Gasteiger partial charge in [0, 0.05) is 13.2 Å². The number of aryl methyl sites for hydroxylation is 1. The van der Waals surface area contributed by atoms with E-state index in [0.29, 0.717) is 17.3 Å². The number of thioether (sulfide) groups is 1. The third-order valence-corrected chi connectivity index (χ3v) is 5.24. The van der Waals surface area contributed by atoms with Crippen LogP contribution in [0.25, 0.3) is 11.3 Å². The van der Waals surface area contributed by atoms with Crippen molar-refractivity contribution in [2.45, 2.75) is 32.4 Å². The van der Waals surface area contributed by atoms with Gasteiger partial charge in [-0.15, -0.1) is 0 Å². The van der Waals surface area contributed by atoms with Crippen LogP contribution in [0.4, 0.5) is 18.0 Å². The maximum Gasteiger partial charge on any atom is 0.418 e. The minimum absolute atomic E-state index is 0.157. The molecule has 0 N–H and O–H groups in total. The molecule has 2 rings (SSSR count). The Balaban J connectivity index is 2.83. The van der Waals surface area contributed by atoms with Gasteiger partial charge in [0.1, 0.15) is 16.8 Å². The van der Waals surface area contributed by atoms with Crippen LogP contribution in [0.3, 0.4) is 0 Å². The first kappa shape index (κ1) is 23.9. The van der Waals surface area contributed by atoms with Crippen molar-refractivity contribution >= 4 is 40.0 Å². The van der Waals surface area contributed by atoms with Crippen molar-refractivity contribution < 1.29 is 22.7 Å². The van der Waals surface area contributed by atoms with E-state index < -0.39 is 28.4 Å². The summed E-state index contributed by atoms with van der Waals surface area (Å²) >= 11 is 6.80. The Labute approximate surface area is 182 Å². The van der Waals surface area contributed by atoms with Crippen molar-refractivity contribution in [2.75, 3.05) is 6.26 Å². The molecule has 0 bridgehead atoms. The summed E-state index contributed by atoms with van der Waals surface area (Å²) in [6.45, 7) is 6.02. The molecular weight excluding hydrogens is 437 g/mol. The number of hydrogen-bond donors (Lipinski definition) is 0. The van der Waals surface area contributed by atoms with Gasteiger partial charge in [-0.3, -0.25) is 0 Å². The number of carbonyl (C=O) groups is 1. The Kier molecular flexibility index (Phi) is 7.00. The lowest BCUT2D eigenvalue weighted by Crippen LogP contribution is -2.11. The summed E-state index contributed by atoms with van der Waals surface area (Å²) in [5.41, 5.74) is -0.752. The van der Waals surface area contributed by atoms with E-state index in [2.05, 4.69) is 0 Å². The highest BCUT2D eigenvalue weighted by molar-refractivity contribution is 8.12. The number of allylic oxidation sites excluding steroid dienone is 1. The van der Waals surface area contributed by atoms with E-state index >= 15 is 0 Å². The number of nitrogens with zero attached hydrogens (tertiary/aromatic N) is 2. The second kappa shape index (κ2) is 8.78. The molecule has 0 aliphatic rings. The van der Waals surface area contributed by atoms with Gasteiger partial charge < -0.3 is 9.30 Å². The summed E-state index contributed by atoms with van der Waals surface area (Å²) in [6.07, 6.45) is -2.56. The third kappa shape index (κ3) is 5.02. The topological polar surface area (TPSA) is 55.0 Å². The zero-order chi connectivity index (χ0) is 22.9. The van der Waals surface area contributed by atoms with Gasteiger partial charge >= 0.3 is 11.5 Å². The fraction of sp³-hybridized carbons (Fsp3) is 0.333. The first-order valence-electron chi connectivity index (χ1n) is 8.74. The number of benzene rings is 1. The second-order valence-electron chi connectivity index (χ2n) is 7.52. The average Bonchev–Trinajstić information content (AvgIpc) is 2.96. The van der Waals surface area contributed by atoms with Gasteiger partial charge in [0.2, 0.25) is 0 Å². The summed E-state index contributed by atoms with van der Waals surface area (Å²) in [5, 5.41) is 8.62. The van der Waals surface area contributed by atoms with Crippen LogP contribution in [0.1, 0.15) is 43.0 Å². The summed E-state index contributed by atoms with van der Waals surface area (Å²) < 4.78 is 47.2. The molecule has 0 saturated heterocycles. The first-order chi connectivity index (χ1) is 13.8. The predicted octanol–water partition coefficient (Wildman–Crippen LogP) is 6.89. The monoisotopic (exact) mass is 456 g/mol. The highest BCUT2D eigenvalue weighted by atomic mass is 35.5. The molecule has 4 nitrogen and oxygen atoms in total. The highest BCUT2D eigenvalue weighted by Crippen LogP contribution is 2.43. The zero-order valence-corrected chi connectivity index (χ0v) is 18.6. The maximum atomic E-state index is 13.7. The lowest BCUT2D eigenvalue weighted by Gasteiger charge is -2.19. The number of aromatic nitrogens is 1. The molecule has 9 heteroatoms. The Morgan fingerprint density at radius 2 is 1.77 bits per heavy atom. The summed E-state index contributed by atoms with van der Waals surface area (Å²) in [6, 6.07) is 8.64. The van der Waals surface area contributed by atoms with Crippen molar-refractivity contribution in [1.82, 2.24) is 4.57 Å². The normalized spacial score (nSPS) is 12.9. The summed E-state index contributed by atoms with van der Waals surface area (Å²) in [7, 11) is 1.33. The van der Waals surface area contributed by atoms with Gasteiger partial charge in [-0.1, -0.05) is 56.6 Å². The molecule has 0 saturated carbocycles. The van der Waals surface area contributed by atoms with E-state index in [0.717, 1.165) is 16.3 Å². The van der Waals surface area contributed by atoms with Crippen LogP contribution in [0.5, 0.6) is 0 Å². The molecule has 1 aromatic carbocycles. The third-order valence-electron chi connectivity index (χ3n) is 4.37. The summed E-state index contributed by atoms with van der Waals surface area (Å²) in [5.74, 6) is -0.529. The van der Waals surface area contributed by atoms with Gasteiger partial charge in [0.25, 0.3) is 0 Å². The van der Waals surface area contributed by atoms with Crippen molar-refractivity contribution in [3.8, 4) is 6.07 Å². The number of alkyl halides is 3. The van der Waals surface area contributed by atoms with Gasteiger partial charge in [0.15, 0.2) is 5.76 Å². The summed E-state index contributed by atoms with van der Waals surface area (Å²) in [4.78, 5) is 12.0. The van der Waals surface area contributed by atoms with Gasteiger partial charge in [0.05, 0.1) is 11.1 Å². The lowest BCUT2D eigenvalue weighted by molar-refractivity contribution is -0.137. The van der Waals surface area contributed by atoms with Crippen molar-refractivity contribution in [3.05, 3.63) is 57.9 Å². The van der Waals surface area contributed by atoms with E-state index in [-0.39, 0.29) is 16.1 Å². The van der Waals surface area contributed by atoms with Crippen molar-refractivity contribution in [2.24, 2.45) is 7.05 Å². The van der Waals surface area contributed by atoms with Crippen LogP contribution in [0, 0.1) is 11.3 Å². The van der Waals surface area contributed by atoms with E-state index in [1.54, 1.807) is 24.3 Å². The van der Waals surface area contributed by atoms with Crippen LogP contribution in [-0.4, -0.2) is 16.1 Å². The quantitative estimate of drug-likeness (QED) is 0.287. The van der Waals surface area contributed by atoms with Crippen LogP contribution >= 0.6 is 23.4 Å². The standard InChI is InChI=1S/C21H20ClF3N2O2S/c1-20(2,3)13-8-6-12(7-9-13)14(10-26)17(29-19(28)30-5)16-15(21(23,24)25)11-27(4)18(16)22/h6-9,11H,1-5H3/b17-14-. The number of hydrogen-bond acceptors (Lipinski definition) is 4. The molecule has 0 aliphatic carbocycles. The number of halogens is 4. The van der Waals surface area contributed by atoms with Crippen molar-refractivity contribution in [3.63, 3.8) is 0 Å².